The predicted octanol–water partition coefficient (Wildman–Crippen LogP) is -7.90. The molecule has 33 N–H and O–H groups in total. The third-order valence-corrected chi connectivity index (χ3v) is 13.2. The van der Waals surface area contributed by atoms with Gasteiger partial charge in [0.25, 0.3) is 0 Å². The fraction of sp³-hybridized carbons (Fsp3) is 0.596. The van der Waals surface area contributed by atoms with Crippen LogP contribution >= 0.6 is 0 Å². The van der Waals surface area contributed by atoms with Crippen LogP contribution in [0, 0.1) is 0 Å². The first-order chi connectivity index (χ1) is 41.4. The van der Waals surface area contributed by atoms with Gasteiger partial charge in [0.05, 0.1) is 19.2 Å². The van der Waals surface area contributed by atoms with Gasteiger partial charge in [0, 0.05) is 49.7 Å². The molecule has 0 aliphatic heterocycles. The monoisotopic (exact) mass is 1230 g/mol. The van der Waals surface area contributed by atoms with Crippen LogP contribution in [0.1, 0.15) is 95.5 Å². The lowest BCUT2D eigenvalue weighted by Crippen LogP contribution is -2.60. The van der Waals surface area contributed by atoms with Crippen molar-refractivity contribution in [3.05, 3.63) is 36.0 Å². The number of aromatic amines is 1. The first-order valence-electron chi connectivity index (χ1n) is 28.6. The van der Waals surface area contributed by atoms with E-state index in [2.05, 4.69) is 67.5 Å². The van der Waals surface area contributed by atoms with Gasteiger partial charge in [0.2, 0.25) is 47.3 Å². The van der Waals surface area contributed by atoms with Gasteiger partial charge in [-0.25, -0.2) is 4.79 Å². The quantitative estimate of drug-likeness (QED) is 0.0166. The van der Waals surface area contributed by atoms with Crippen molar-refractivity contribution in [1.82, 2.24) is 47.5 Å². The lowest BCUT2D eigenvalue weighted by molar-refractivity contribution is -0.142. The van der Waals surface area contributed by atoms with Crippen LogP contribution in [-0.4, -0.2) is 193 Å². The molecule has 0 saturated carbocycles. The molecule has 2 rings (SSSR count). The predicted molar refractivity (Wildman–Crippen MR) is 327 cm³/mol. The standard InChI is InChI=1S/C52H92N24O11/c53-19-5-3-14-33(70-40(78)27-69-42(80)39(28-77)76-41(79)31(55)12-7-21-64-49(56)57)43(81)71-34(15-4-6-20-54)44(82)72-36(17-9-23-66-51(60)61)46(84)75-38(25-29-26-68-32-13-2-1-11-30(29)32)47(85)73-35(16-8-22-65-50(58)59)45(83)74-37(48(86)87)18-10-24-67-52(62)63/h1-2,11,13,26,31,33-39,68,77H,3-10,12,14-25,27-28,53-55H2,(H,69,80)(H,70,78)(H,71,81)(H,72,82)(H,73,85)(H,74,83)(H,75,84)(H,76,79)(H,86,87)(H4,56,57,64)(H4,58,59,65)(H4,60,61,66)(H4,62,63,67)/t31-,33-,34-,35-,36-,37-,38-,39-/m0/s1. The highest BCUT2D eigenvalue weighted by atomic mass is 16.4. The number of unbranched alkanes of at least 4 members (excludes halogenated alkanes) is 2. The number of aliphatic carboxylic acids is 1. The molecule has 0 aliphatic rings. The molecule has 1 aromatic heterocycles. The van der Waals surface area contributed by atoms with Crippen LogP contribution in [0.3, 0.4) is 0 Å². The van der Waals surface area contributed by atoms with Crippen LogP contribution in [0.15, 0.2) is 50.4 Å². The summed E-state index contributed by atoms with van der Waals surface area (Å²) in [6.45, 7) is -0.830. The van der Waals surface area contributed by atoms with Crippen LogP contribution in [0.4, 0.5) is 0 Å². The van der Waals surface area contributed by atoms with Gasteiger partial charge in [-0.15, -0.1) is 0 Å². The normalized spacial score (nSPS) is 13.7. The molecule has 87 heavy (non-hydrogen) atoms. The minimum Gasteiger partial charge on any atom is -0.480 e. The highest BCUT2D eigenvalue weighted by molar-refractivity contribution is 5.98. The number of fused-ring (bicyclic) bond motifs is 1. The van der Waals surface area contributed by atoms with E-state index in [1.165, 1.54) is 0 Å². The lowest BCUT2D eigenvalue weighted by atomic mass is 10.0. The van der Waals surface area contributed by atoms with Crippen molar-refractivity contribution in [2.45, 2.75) is 145 Å². The molecule has 0 radical (unpaired) electrons. The summed E-state index contributed by atoms with van der Waals surface area (Å²) in [6.07, 6.45) is 3.47. The Hall–Kier alpha value is -9.09. The van der Waals surface area contributed by atoms with Crippen molar-refractivity contribution >= 4 is 88.0 Å². The molecule has 0 spiro atoms. The molecular formula is C52H92N24O11. The number of guanidine groups is 4. The van der Waals surface area contributed by atoms with E-state index in [0.717, 1.165) is 0 Å². The number of carbonyl (C=O) groups excluding carboxylic acids is 8. The molecule has 0 bridgehead atoms. The summed E-state index contributed by atoms with van der Waals surface area (Å²) in [6, 6.07) is -3.89. The Bertz CT molecular complexity index is 2650. The van der Waals surface area contributed by atoms with Gasteiger partial charge in [-0.3, -0.25) is 58.3 Å². The lowest BCUT2D eigenvalue weighted by Gasteiger charge is -2.28. The number of amides is 8. The molecule has 1 heterocycles. The number of aromatic nitrogens is 1. The number of nitrogens with one attached hydrogen (secondary N) is 9. The fourth-order valence-electron chi connectivity index (χ4n) is 8.58. The number of rotatable bonds is 44. The number of aliphatic hydroxyl groups excluding tert-OH is 1. The summed E-state index contributed by atoms with van der Waals surface area (Å²) in [5, 5.41) is 41.1. The van der Waals surface area contributed by atoms with Crippen molar-refractivity contribution in [2.75, 3.05) is 52.4 Å². The Balaban J connectivity index is 2.51. The Labute approximate surface area is 503 Å². The molecule has 0 unspecified atom stereocenters. The van der Waals surface area contributed by atoms with E-state index in [1.807, 2.05) is 0 Å². The minimum absolute atomic E-state index is 0.00293. The van der Waals surface area contributed by atoms with Crippen molar-refractivity contribution < 1.29 is 53.4 Å². The summed E-state index contributed by atoms with van der Waals surface area (Å²) in [5.74, 6) is -9.12. The number of benzene rings is 1. The molecule has 2 aromatic rings. The van der Waals surface area contributed by atoms with Gasteiger partial charge in [-0.2, -0.15) is 0 Å². The number of aliphatic hydroxyl groups is 1. The summed E-state index contributed by atoms with van der Waals surface area (Å²) < 4.78 is 0. The topological polar surface area (TPSA) is 642 Å². The SMILES string of the molecule is NCCCC[C@H](NC(=O)CNC(=O)[C@H](CO)NC(=O)[C@@H](N)CCCN=C(N)N)C(=O)N[C@@H](CCCCN)C(=O)N[C@@H](CCCN=C(N)N)C(=O)N[C@@H](Cc1c[nH]c2ccccc12)C(=O)N[C@@H](CCCN=C(N)N)C(=O)N[C@@H](CCCN=C(N)N)C(=O)O. The molecule has 35 nitrogen and oxygen atoms in total. The van der Waals surface area contributed by atoms with E-state index in [-0.39, 0.29) is 127 Å². The molecule has 8 atom stereocenters. The van der Waals surface area contributed by atoms with Gasteiger partial charge in [-0.1, -0.05) is 18.2 Å². The molecule has 1 aromatic carbocycles. The number of hydrogen-bond donors (Lipinski definition) is 22. The highest BCUT2D eigenvalue weighted by Crippen LogP contribution is 2.20. The third kappa shape index (κ3) is 30.0. The number of hydrogen-bond acceptors (Lipinski definition) is 17. The summed E-state index contributed by atoms with van der Waals surface area (Å²) in [5.41, 5.74) is 62.4. The zero-order valence-electron chi connectivity index (χ0n) is 49.0. The maximum absolute atomic E-state index is 14.7. The Kier molecular flexibility index (Phi) is 34.9. The Morgan fingerprint density at radius 3 is 1.28 bits per heavy atom. The van der Waals surface area contributed by atoms with Gasteiger partial charge in [-0.05, 0) is 115 Å². The molecular weight excluding hydrogens is 1140 g/mol. The molecule has 486 valence electrons. The first-order valence-corrected chi connectivity index (χ1v) is 28.6. The van der Waals surface area contributed by atoms with Crippen LogP contribution in [0.5, 0.6) is 0 Å². The summed E-state index contributed by atoms with van der Waals surface area (Å²) in [4.78, 5) is 142. The summed E-state index contributed by atoms with van der Waals surface area (Å²) >= 11 is 0. The van der Waals surface area contributed by atoms with Gasteiger partial charge < -0.3 is 121 Å². The van der Waals surface area contributed by atoms with Gasteiger partial charge in [0.1, 0.15) is 42.3 Å². The summed E-state index contributed by atoms with van der Waals surface area (Å²) in [7, 11) is 0. The maximum atomic E-state index is 14.7. The number of nitrogens with zero attached hydrogens (tertiary/aromatic N) is 4. The number of para-hydroxylation sites is 1. The van der Waals surface area contributed by atoms with E-state index < -0.39 is 115 Å². The number of carboxylic acid groups (broad SMARTS) is 1. The largest absolute Gasteiger partial charge is 0.480 e. The molecule has 0 fully saturated rings. The number of H-pyrrole nitrogens is 1. The van der Waals surface area contributed by atoms with Crippen LogP contribution < -0.4 is 106 Å². The Morgan fingerprint density at radius 2 is 0.839 bits per heavy atom. The van der Waals surface area contributed by atoms with Crippen LogP contribution in [-0.2, 0) is 49.6 Å². The number of carboxylic acids is 1. The van der Waals surface area contributed by atoms with Crippen LogP contribution in [0.25, 0.3) is 10.9 Å². The second-order valence-electron chi connectivity index (χ2n) is 20.3. The molecule has 35 heteroatoms. The van der Waals surface area contributed by atoms with E-state index >= 15 is 0 Å². The fourth-order valence-corrected chi connectivity index (χ4v) is 8.58. The van der Waals surface area contributed by atoms with Crippen molar-refractivity contribution in [3.63, 3.8) is 0 Å². The minimum atomic E-state index is -1.50. The zero-order valence-corrected chi connectivity index (χ0v) is 49.0. The first kappa shape index (κ1) is 74.0. The number of aliphatic imine (C=N–C) groups is 4. The number of carbonyl (C=O) groups is 9. The average Bonchev–Trinajstić information content (AvgIpc) is 3.04. The zero-order chi connectivity index (χ0) is 64.8. The van der Waals surface area contributed by atoms with Crippen molar-refractivity contribution in [1.29, 1.82) is 0 Å². The van der Waals surface area contributed by atoms with E-state index in [0.29, 0.717) is 48.6 Å². The highest BCUT2D eigenvalue weighted by Gasteiger charge is 2.34. The molecule has 8 amide bonds. The molecule has 0 aliphatic carbocycles. The second-order valence-corrected chi connectivity index (χ2v) is 20.3. The van der Waals surface area contributed by atoms with Gasteiger partial charge in [0.15, 0.2) is 23.8 Å². The molecule has 0 saturated heterocycles. The smallest absolute Gasteiger partial charge is 0.326 e. The third-order valence-electron chi connectivity index (χ3n) is 13.2. The maximum Gasteiger partial charge on any atom is 0.326 e. The van der Waals surface area contributed by atoms with Crippen molar-refractivity contribution in [3.8, 4) is 0 Å². The van der Waals surface area contributed by atoms with E-state index in [1.54, 1.807) is 30.5 Å². The van der Waals surface area contributed by atoms with E-state index in [9.17, 15) is 53.4 Å². The Morgan fingerprint density at radius 1 is 0.460 bits per heavy atom. The van der Waals surface area contributed by atoms with E-state index in [4.69, 9.17) is 63.1 Å². The average molecular weight is 1230 g/mol. The van der Waals surface area contributed by atoms with Gasteiger partial charge >= 0.3 is 5.97 Å². The van der Waals surface area contributed by atoms with Crippen LogP contribution in [0.2, 0.25) is 0 Å². The number of nitrogens with two attached hydrogens (primary N) is 11. The second kappa shape index (κ2) is 41.0. The van der Waals surface area contributed by atoms with Crippen molar-refractivity contribution in [2.24, 2.45) is 83.0 Å².